The summed E-state index contributed by atoms with van der Waals surface area (Å²) >= 11 is 3.34. The zero-order chi connectivity index (χ0) is 18.6. The normalized spacial score (nSPS) is 10.9. The maximum Gasteiger partial charge on any atom is 0.266 e. The number of anilines is 1. The van der Waals surface area contributed by atoms with E-state index in [-0.39, 0.29) is 11.3 Å². The topological polar surface area (TPSA) is 82.3 Å². The molecule has 2 rings (SSSR count). The van der Waals surface area contributed by atoms with Crippen molar-refractivity contribution in [2.24, 2.45) is 0 Å². The highest BCUT2D eigenvalue weighted by atomic mass is 79.9. The van der Waals surface area contributed by atoms with E-state index in [1.165, 1.54) is 19.3 Å². The van der Waals surface area contributed by atoms with Gasteiger partial charge >= 0.3 is 0 Å². The van der Waals surface area contributed by atoms with Crippen LogP contribution in [0.2, 0.25) is 0 Å². The molecule has 0 aliphatic rings. The lowest BCUT2D eigenvalue weighted by molar-refractivity contribution is -0.112. The number of carbonyl (C=O) groups excluding carboxylic acids is 1. The van der Waals surface area contributed by atoms with Crippen molar-refractivity contribution in [2.45, 2.75) is 13.8 Å². The van der Waals surface area contributed by atoms with Gasteiger partial charge in [-0.2, -0.15) is 5.26 Å². The molecule has 25 heavy (non-hydrogen) atoms. The first kappa shape index (κ1) is 18.6. The number of hydrogen-bond acceptors (Lipinski definition) is 4. The van der Waals surface area contributed by atoms with Gasteiger partial charge in [-0.05, 0) is 60.9 Å². The molecule has 0 saturated heterocycles. The minimum absolute atomic E-state index is 0.0798. The second kappa shape index (κ2) is 7.86. The Morgan fingerprint density at radius 1 is 1.28 bits per heavy atom. The maximum atomic E-state index is 12.4. The van der Waals surface area contributed by atoms with Gasteiger partial charge in [0.2, 0.25) is 0 Å². The molecule has 128 valence electrons. The quantitative estimate of drug-likeness (QED) is 0.590. The number of aromatic hydroxyl groups is 1. The molecule has 0 radical (unpaired) electrons. The van der Waals surface area contributed by atoms with Crippen molar-refractivity contribution in [3.8, 4) is 17.6 Å². The van der Waals surface area contributed by atoms with Crippen LogP contribution in [0.4, 0.5) is 5.69 Å². The Morgan fingerprint density at radius 3 is 2.60 bits per heavy atom. The first-order valence-corrected chi connectivity index (χ1v) is 8.22. The number of ether oxygens (including phenoxy) is 1. The average Bonchev–Trinajstić information content (AvgIpc) is 2.58. The van der Waals surface area contributed by atoms with Crippen LogP contribution in [0.25, 0.3) is 6.08 Å². The minimum atomic E-state index is -0.520. The summed E-state index contributed by atoms with van der Waals surface area (Å²) in [7, 11) is 1.44. The van der Waals surface area contributed by atoms with Crippen molar-refractivity contribution in [2.75, 3.05) is 12.4 Å². The summed E-state index contributed by atoms with van der Waals surface area (Å²) in [6, 6.07) is 10.4. The number of nitrogens with one attached hydrogen (secondary N) is 1. The van der Waals surface area contributed by atoms with Gasteiger partial charge in [0.1, 0.15) is 11.6 Å². The molecule has 0 aliphatic carbocycles. The van der Waals surface area contributed by atoms with E-state index in [4.69, 9.17) is 4.74 Å². The fraction of sp³-hybridized carbons (Fsp3) is 0.158. The number of amides is 1. The zero-order valence-electron chi connectivity index (χ0n) is 14.1. The van der Waals surface area contributed by atoms with Crippen LogP contribution in [0.3, 0.4) is 0 Å². The van der Waals surface area contributed by atoms with E-state index < -0.39 is 5.91 Å². The summed E-state index contributed by atoms with van der Waals surface area (Å²) in [5.74, 6) is -0.307. The molecular formula is C19H17BrN2O3. The van der Waals surface area contributed by atoms with Crippen LogP contribution in [-0.4, -0.2) is 18.1 Å². The lowest BCUT2D eigenvalue weighted by Crippen LogP contribution is -2.13. The molecule has 0 fully saturated rings. The zero-order valence-corrected chi connectivity index (χ0v) is 15.6. The average molecular weight is 401 g/mol. The summed E-state index contributed by atoms with van der Waals surface area (Å²) < 4.78 is 5.61. The Bertz CT molecular complexity index is 898. The Kier molecular flexibility index (Phi) is 5.84. The molecule has 2 N–H and O–H groups in total. The Hall–Kier alpha value is -2.78. The lowest BCUT2D eigenvalue weighted by Gasteiger charge is -2.08. The number of carbonyl (C=O) groups is 1. The summed E-state index contributed by atoms with van der Waals surface area (Å²) in [5, 5.41) is 21.9. The molecule has 0 unspecified atom stereocenters. The van der Waals surface area contributed by atoms with E-state index in [0.29, 0.717) is 21.5 Å². The molecule has 5 nitrogen and oxygen atoms in total. The van der Waals surface area contributed by atoms with Gasteiger partial charge in [-0.15, -0.1) is 0 Å². The van der Waals surface area contributed by atoms with E-state index in [0.717, 1.165) is 11.1 Å². The number of halogens is 1. The molecule has 0 spiro atoms. The second-order valence-electron chi connectivity index (χ2n) is 5.47. The van der Waals surface area contributed by atoms with Crippen molar-refractivity contribution in [3.63, 3.8) is 0 Å². The van der Waals surface area contributed by atoms with E-state index in [1.54, 1.807) is 12.1 Å². The predicted molar refractivity (Wildman–Crippen MR) is 100 cm³/mol. The fourth-order valence-electron chi connectivity index (χ4n) is 2.16. The summed E-state index contributed by atoms with van der Waals surface area (Å²) in [6.45, 7) is 3.93. The van der Waals surface area contributed by atoms with E-state index in [9.17, 15) is 15.2 Å². The molecule has 0 aliphatic heterocycles. The van der Waals surface area contributed by atoms with Crippen LogP contribution in [0.15, 0.2) is 40.4 Å². The number of hydrogen-bond donors (Lipinski definition) is 2. The Balaban J connectivity index is 2.31. The van der Waals surface area contributed by atoms with E-state index >= 15 is 0 Å². The van der Waals surface area contributed by atoms with Crippen molar-refractivity contribution in [1.82, 2.24) is 0 Å². The number of nitriles is 1. The second-order valence-corrected chi connectivity index (χ2v) is 6.32. The van der Waals surface area contributed by atoms with Crippen LogP contribution in [0.1, 0.15) is 16.7 Å². The molecule has 2 aromatic rings. The van der Waals surface area contributed by atoms with Crippen molar-refractivity contribution in [1.29, 1.82) is 5.26 Å². The van der Waals surface area contributed by atoms with Crippen molar-refractivity contribution in [3.05, 3.63) is 57.1 Å². The number of benzene rings is 2. The molecule has 0 bridgehead atoms. The third-order valence-electron chi connectivity index (χ3n) is 3.73. The summed E-state index contributed by atoms with van der Waals surface area (Å²) in [4.78, 5) is 12.4. The summed E-state index contributed by atoms with van der Waals surface area (Å²) in [5.41, 5.74) is 3.19. The number of aryl methyl sites for hydroxylation is 2. The SMILES string of the molecule is COc1cc(Br)c(/C=C(\C#N)C(=O)Nc2ccc(C)c(C)c2)cc1O. The number of rotatable bonds is 4. The van der Waals surface area contributed by atoms with Crippen LogP contribution in [-0.2, 0) is 4.79 Å². The van der Waals surface area contributed by atoms with Gasteiger partial charge in [-0.1, -0.05) is 22.0 Å². The highest BCUT2D eigenvalue weighted by Crippen LogP contribution is 2.33. The molecule has 6 heteroatoms. The van der Waals surface area contributed by atoms with Gasteiger partial charge in [0, 0.05) is 10.2 Å². The molecule has 2 aromatic carbocycles. The van der Waals surface area contributed by atoms with Gasteiger partial charge in [-0.25, -0.2) is 0 Å². The van der Waals surface area contributed by atoms with Crippen molar-refractivity contribution < 1.29 is 14.6 Å². The van der Waals surface area contributed by atoms with Gasteiger partial charge in [0.05, 0.1) is 7.11 Å². The monoisotopic (exact) mass is 400 g/mol. The maximum absolute atomic E-state index is 12.4. The van der Waals surface area contributed by atoms with E-state index in [2.05, 4.69) is 21.2 Å². The number of phenols is 1. The van der Waals surface area contributed by atoms with Crippen LogP contribution in [0, 0.1) is 25.2 Å². The molecule has 0 aromatic heterocycles. The molecule has 0 heterocycles. The van der Waals surface area contributed by atoms with Crippen LogP contribution >= 0.6 is 15.9 Å². The standard InChI is InChI=1S/C19H17BrN2O3/c1-11-4-5-15(6-12(11)2)22-19(24)14(10-21)7-13-8-17(23)18(25-3)9-16(13)20/h4-9,23H,1-3H3,(H,22,24)/b14-7+. The molecule has 0 saturated carbocycles. The smallest absolute Gasteiger partial charge is 0.266 e. The Morgan fingerprint density at radius 2 is 2.00 bits per heavy atom. The number of phenolic OH excluding ortho intramolecular Hbond substituents is 1. The lowest BCUT2D eigenvalue weighted by atomic mass is 10.1. The third kappa shape index (κ3) is 4.40. The predicted octanol–water partition coefficient (Wildman–Crippen LogP) is 4.33. The van der Waals surface area contributed by atoms with E-state index in [1.807, 2.05) is 32.0 Å². The van der Waals surface area contributed by atoms with Gasteiger partial charge < -0.3 is 15.2 Å². The first-order valence-electron chi connectivity index (χ1n) is 7.42. The van der Waals surface area contributed by atoms with Gasteiger partial charge in [0.25, 0.3) is 5.91 Å². The number of nitrogens with zero attached hydrogens (tertiary/aromatic N) is 1. The van der Waals surface area contributed by atoms with Crippen molar-refractivity contribution >= 4 is 33.6 Å². The largest absolute Gasteiger partial charge is 0.504 e. The fourth-order valence-corrected chi connectivity index (χ4v) is 2.59. The third-order valence-corrected chi connectivity index (χ3v) is 4.41. The van der Waals surface area contributed by atoms with Crippen LogP contribution in [0.5, 0.6) is 11.5 Å². The molecule has 0 atom stereocenters. The molecular weight excluding hydrogens is 384 g/mol. The highest BCUT2D eigenvalue weighted by molar-refractivity contribution is 9.10. The highest BCUT2D eigenvalue weighted by Gasteiger charge is 2.13. The minimum Gasteiger partial charge on any atom is -0.504 e. The van der Waals surface area contributed by atoms with Gasteiger partial charge in [-0.3, -0.25) is 4.79 Å². The van der Waals surface area contributed by atoms with Gasteiger partial charge in [0.15, 0.2) is 11.5 Å². The Labute approximate surface area is 154 Å². The number of methoxy groups -OCH3 is 1. The molecule has 1 amide bonds. The summed E-state index contributed by atoms with van der Waals surface area (Å²) in [6.07, 6.45) is 1.40. The van der Waals surface area contributed by atoms with Crippen LogP contribution < -0.4 is 10.1 Å². The first-order chi connectivity index (χ1) is 11.8.